The van der Waals surface area contributed by atoms with E-state index in [1.54, 1.807) is 0 Å². The van der Waals surface area contributed by atoms with Crippen LogP contribution in [-0.2, 0) is 4.79 Å². The molecule has 3 heteroatoms. The van der Waals surface area contributed by atoms with E-state index < -0.39 is 0 Å². The Balaban J connectivity index is 1.71. The molecular formula is C16H20N2O. The van der Waals surface area contributed by atoms with Crippen LogP contribution in [0.4, 0.5) is 0 Å². The first-order chi connectivity index (χ1) is 9.04. The van der Waals surface area contributed by atoms with Gasteiger partial charge < -0.3 is 4.90 Å². The van der Waals surface area contributed by atoms with Gasteiger partial charge in [0.2, 0.25) is 5.91 Å². The Labute approximate surface area is 114 Å². The summed E-state index contributed by atoms with van der Waals surface area (Å²) in [4.78, 5) is 14.8. The summed E-state index contributed by atoms with van der Waals surface area (Å²) in [5.41, 5.74) is 1.27. The van der Waals surface area contributed by atoms with Gasteiger partial charge in [-0.25, -0.2) is 0 Å². The van der Waals surface area contributed by atoms with Crippen LogP contribution in [0.1, 0.15) is 44.8 Å². The van der Waals surface area contributed by atoms with Crippen molar-refractivity contribution in [2.75, 3.05) is 0 Å². The number of nitrogens with zero attached hydrogens (tertiary/aromatic N) is 1. The Bertz CT molecular complexity index is 533. The predicted octanol–water partition coefficient (Wildman–Crippen LogP) is 2.45. The van der Waals surface area contributed by atoms with Crippen molar-refractivity contribution >= 4 is 5.91 Å². The van der Waals surface area contributed by atoms with E-state index in [9.17, 15) is 4.79 Å². The lowest BCUT2D eigenvalue weighted by Gasteiger charge is -2.26. The van der Waals surface area contributed by atoms with Gasteiger partial charge in [-0.2, -0.15) is 0 Å². The first kappa shape index (κ1) is 11.5. The van der Waals surface area contributed by atoms with E-state index in [4.69, 9.17) is 0 Å². The molecule has 1 amide bonds. The highest BCUT2D eigenvalue weighted by atomic mass is 16.2. The second kappa shape index (κ2) is 3.40. The molecular weight excluding hydrogens is 236 g/mol. The Morgan fingerprint density at radius 2 is 1.84 bits per heavy atom. The summed E-state index contributed by atoms with van der Waals surface area (Å²) in [5, 5.41) is 3.59. The summed E-state index contributed by atoms with van der Waals surface area (Å²) >= 11 is 0. The van der Waals surface area contributed by atoms with Crippen molar-refractivity contribution in [3.05, 3.63) is 35.9 Å². The van der Waals surface area contributed by atoms with E-state index in [1.807, 2.05) is 6.07 Å². The first-order valence-corrected chi connectivity index (χ1v) is 7.19. The van der Waals surface area contributed by atoms with Crippen LogP contribution >= 0.6 is 0 Å². The van der Waals surface area contributed by atoms with Gasteiger partial charge in [0.15, 0.2) is 0 Å². The lowest BCUT2D eigenvalue weighted by molar-refractivity contribution is -0.131. The fourth-order valence-corrected chi connectivity index (χ4v) is 3.36. The maximum atomic E-state index is 12.7. The second-order valence-corrected chi connectivity index (χ2v) is 6.96. The molecule has 1 spiro atoms. The fourth-order valence-electron chi connectivity index (χ4n) is 3.36. The smallest absolute Gasteiger partial charge is 0.244 e. The Morgan fingerprint density at radius 1 is 1.21 bits per heavy atom. The number of carbonyl (C=O) groups is 1. The topological polar surface area (TPSA) is 32.3 Å². The minimum Gasteiger partial charge on any atom is -0.318 e. The lowest BCUT2D eigenvalue weighted by atomic mass is 10.1. The van der Waals surface area contributed by atoms with Crippen molar-refractivity contribution in [3.8, 4) is 0 Å². The SMILES string of the molecule is CC1(C)CC1N1C(=O)C2(CC2)NC1c1ccccc1. The van der Waals surface area contributed by atoms with Crippen LogP contribution in [-0.4, -0.2) is 22.4 Å². The van der Waals surface area contributed by atoms with Crippen molar-refractivity contribution in [2.45, 2.75) is 50.9 Å². The standard InChI is InChI=1S/C16H20N2O/c1-15(2)10-12(15)18-13(11-6-4-3-5-7-11)17-16(8-9-16)14(18)19/h3-7,12-13,17H,8-10H2,1-2H3. The number of hydrogen-bond acceptors (Lipinski definition) is 2. The molecule has 2 saturated carbocycles. The number of amides is 1. The third-order valence-corrected chi connectivity index (χ3v) is 5.00. The van der Waals surface area contributed by atoms with E-state index in [-0.39, 0.29) is 17.1 Å². The summed E-state index contributed by atoms with van der Waals surface area (Å²) < 4.78 is 0. The molecule has 100 valence electrons. The van der Waals surface area contributed by atoms with Gasteiger partial charge in [-0.15, -0.1) is 0 Å². The van der Waals surface area contributed by atoms with Crippen LogP contribution in [0.15, 0.2) is 30.3 Å². The Morgan fingerprint density at radius 3 is 2.37 bits per heavy atom. The summed E-state index contributed by atoms with van der Waals surface area (Å²) in [6, 6.07) is 10.8. The molecule has 2 atom stereocenters. The fraction of sp³-hybridized carbons (Fsp3) is 0.562. The van der Waals surface area contributed by atoms with E-state index in [1.165, 1.54) is 5.56 Å². The average molecular weight is 256 g/mol. The zero-order chi connectivity index (χ0) is 13.3. The van der Waals surface area contributed by atoms with Crippen LogP contribution < -0.4 is 5.32 Å². The highest BCUT2D eigenvalue weighted by molar-refractivity contribution is 5.92. The van der Waals surface area contributed by atoms with E-state index in [2.05, 4.69) is 48.3 Å². The van der Waals surface area contributed by atoms with Crippen molar-refractivity contribution in [1.82, 2.24) is 10.2 Å². The second-order valence-electron chi connectivity index (χ2n) is 6.96. The molecule has 3 nitrogen and oxygen atoms in total. The third kappa shape index (κ3) is 1.57. The van der Waals surface area contributed by atoms with E-state index in [0.717, 1.165) is 19.3 Å². The molecule has 1 aromatic carbocycles. The highest BCUT2D eigenvalue weighted by Crippen LogP contribution is 2.56. The molecule has 0 bridgehead atoms. The van der Waals surface area contributed by atoms with Crippen molar-refractivity contribution in [1.29, 1.82) is 0 Å². The number of benzene rings is 1. The Hall–Kier alpha value is -1.35. The van der Waals surface area contributed by atoms with Gasteiger partial charge in [0.1, 0.15) is 11.7 Å². The van der Waals surface area contributed by atoms with Gasteiger partial charge >= 0.3 is 0 Å². The molecule has 2 aliphatic carbocycles. The number of rotatable bonds is 2. The van der Waals surface area contributed by atoms with Gasteiger partial charge in [0, 0.05) is 6.04 Å². The summed E-state index contributed by atoms with van der Waals surface area (Å²) in [6.45, 7) is 4.51. The normalized spacial score (nSPS) is 33.8. The monoisotopic (exact) mass is 256 g/mol. The zero-order valence-electron chi connectivity index (χ0n) is 11.5. The van der Waals surface area contributed by atoms with Crippen molar-refractivity contribution < 1.29 is 4.79 Å². The quantitative estimate of drug-likeness (QED) is 0.881. The van der Waals surface area contributed by atoms with Gasteiger partial charge in [-0.05, 0) is 30.2 Å². The predicted molar refractivity (Wildman–Crippen MR) is 73.3 cm³/mol. The number of hydrogen-bond donors (Lipinski definition) is 1. The summed E-state index contributed by atoms with van der Waals surface area (Å²) in [6.07, 6.45) is 3.19. The largest absolute Gasteiger partial charge is 0.318 e. The van der Waals surface area contributed by atoms with Crippen molar-refractivity contribution in [3.63, 3.8) is 0 Å². The molecule has 19 heavy (non-hydrogen) atoms. The Kier molecular flexibility index (Phi) is 2.05. The first-order valence-electron chi connectivity index (χ1n) is 7.19. The number of nitrogens with one attached hydrogen (secondary N) is 1. The van der Waals surface area contributed by atoms with Crippen LogP contribution in [0.5, 0.6) is 0 Å². The molecule has 3 aliphatic rings. The van der Waals surface area contributed by atoms with Crippen LogP contribution in [0, 0.1) is 5.41 Å². The molecule has 1 heterocycles. The third-order valence-electron chi connectivity index (χ3n) is 5.00. The maximum Gasteiger partial charge on any atom is 0.244 e. The van der Waals surface area contributed by atoms with Crippen LogP contribution in [0.25, 0.3) is 0 Å². The summed E-state index contributed by atoms with van der Waals surface area (Å²) in [5.74, 6) is 0.330. The molecule has 3 fully saturated rings. The van der Waals surface area contributed by atoms with Crippen molar-refractivity contribution in [2.24, 2.45) is 5.41 Å². The van der Waals surface area contributed by atoms with E-state index in [0.29, 0.717) is 11.9 Å². The lowest BCUT2D eigenvalue weighted by Crippen LogP contribution is -2.35. The molecule has 1 aliphatic heterocycles. The molecule has 1 saturated heterocycles. The number of carbonyl (C=O) groups excluding carboxylic acids is 1. The summed E-state index contributed by atoms with van der Waals surface area (Å²) in [7, 11) is 0. The van der Waals surface area contributed by atoms with Crippen LogP contribution in [0.2, 0.25) is 0 Å². The van der Waals surface area contributed by atoms with Gasteiger partial charge in [-0.1, -0.05) is 44.2 Å². The minimum absolute atomic E-state index is 0.0722. The molecule has 2 unspecified atom stereocenters. The van der Waals surface area contributed by atoms with Gasteiger partial charge in [-0.3, -0.25) is 10.1 Å². The minimum atomic E-state index is -0.223. The molecule has 0 aromatic heterocycles. The maximum absolute atomic E-state index is 12.7. The molecule has 4 rings (SSSR count). The zero-order valence-corrected chi connectivity index (χ0v) is 11.5. The average Bonchev–Trinajstić information content (AvgIpc) is 3.26. The molecule has 0 radical (unpaired) electrons. The highest BCUT2D eigenvalue weighted by Gasteiger charge is 2.65. The van der Waals surface area contributed by atoms with Gasteiger partial charge in [0.05, 0.1) is 0 Å². The molecule has 1 N–H and O–H groups in total. The van der Waals surface area contributed by atoms with Gasteiger partial charge in [0.25, 0.3) is 0 Å². The molecule has 1 aromatic rings. The van der Waals surface area contributed by atoms with E-state index >= 15 is 0 Å². The van der Waals surface area contributed by atoms with Crippen LogP contribution in [0.3, 0.4) is 0 Å².